The van der Waals surface area contributed by atoms with Gasteiger partial charge in [0.25, 0.3) is 5.91 Å². The van der Waals surface area contributed by atoms with Gasteiger partial charge >= 0.3 is 0 Å². The number of carbonyl (C=O) groups excluding carboxylic acids is 2. The van der Waals surface area contributed by atoms with Gasteiger partial charge in [-0.2, -0.15) is 5.10 Å². The zero-order chi connectivity index (χ0) is 21.5. The number of nitrogens with zero attached hydrogens (tertiary/aromatic N) is 3. The van der Waals surface area contributed by atoms with Crippen LogP contribution in [0.2, 0.25) is 0 Å². The zero-order valence-corrected chi connectivity index (χ0v) is 17.9. The van der Waals surface area contributed by atoms with E-state index in [2.05, 4.69) is 10.4 Å². The largest absolute Gasteiger partial charge is 0.497 e. The fraction of sp³-hybridized carbons (Fsp3) is 0.500. The molecular formula is C22H30N4O4. The summed E-state index contributed by atoms with van der Waals surface area (Å²) in [5, 5.41) is 7.22. The maximum absolute atomic E-state index is 12.6. The molecule has 1 saturated heterocycles. The van der Waals surface area contributed by atoms with Gasteiger partial charge in [0.2, 0.25) is 5.91 Å². The predicted molar refractivity (Wildman–Crippen MR) is 113 cm³/mol. The van der Waals surface area contributed by atoms with E-state index in [0.717, 1.165) is 25.1 Å². The first-order valence-electron chi connectivity index (χ1n) is 10.3. The number of amides is 2. The van der Waals surface area contributed by atoms with E-state index in [0.29, 0.717) is 43.1 Å². The summed E-state index contributed by atoms with van der Waals surface area (Å²) in [6, 6.07) is 7.03. The Morgan fingerprint density at radius 1 is 1.20 bits per heavy atom. The molecule has 0 aliphatic carbocycles. The van der Waals surface area contributed by atoms with Crippen molar-refractivity contribution in [2.45, 2.75) is 32.7 Å². The second-order valence-electron chi connectivity index (χ2n) is 7.61. The molecule has 2 aromatic rings. The summed E-state index contributed by atoms with van der Waals surface area (Å²) in [5.41, 5.74) is 1.54. The first-order chi connectivity index (χ1) is 14.5. The third-order valence-corrected chi connectivity index (χ3v) is 5.50. The molecular weight excluding hydrogens is 384 g/mol. The second kappa shape index (κ2) is 10.1. The van der Waals surface area contributed by atoms with Crippen molar-refractivity contribution in [1.82, 2.24) is 20.0 Å². The minimum Gasteiger partial charge on any atom is -0.497 e. The van der Waals surface area contributed by atoms with Crippen LogP contribution >= 0.6 is 0 Å². The molecule has 1 aromatic heterocycles. The maximum atomic E-state index is 12.6. The molecule has 1 aromatic carbocycles. The standard InChI is InChI=1S/C22H30N4O4/c1-16-6-8-24-26(16)10-7-21(27)25-9-4-5-17(15-25)14-23-22(28)18-11-19(29-2)13-20(12-18)30-3/h6,8,11-13,17H,4-5,7,9-10,14-15H2,1-3H3,(H,23,28)/t17-/m1/s1. The van der Waals surface area contributed by atoms with Crippen molar-refractivity contribution in [3.05, 3.63) is 41.7 Å². The van der Waals surface area contributed by atoms with Gasteiger partial charge in [-0.05, 0) is 43.9 Å². The van der Waals surface area contributed by atoms with E-state index < -0.39 is 0 Å². The van der Waals surface area contributed by atoms with Crippen molar-refractivity contribution >= 4 is 11.8 Å². The Morgan fingerprint density at radius 3 is 2.57 bits per heavy atom. The van der Waals surface area contributed by atoms with Gasteiger partial charge in [0, 0.05) is 56.1 Å². The normalized spacial score (nSPS) is 16.2. The second-order valence-corrected chi connectivity index (χ2v) is 7.61. The van der Waals surface area contributed by atoms with Crippen molar-refractivity contribution in [3.63, 3.8) is 0 Å². The summed E-state index contributed by atoms with van der Waals surface area (Å²) < 4.78 is 12.3. The highest BCUT2D eigenvalue weighted by Gasteiger charge is 2.24. The van der Waals surface area contributed by atoms with E-state index in [-0.39, 0.29) is 17.7 Å². The third-order valence-electron chi connectivity index (χ3n) is 5.50. The number of likely N-dealkylation sites (tertiary alicyclic amines) is 1. The lowest BCUT2D eigenvalue weighted by molar-refractivity contribution is -0.133. The van der Waals surface area contributed by atoms with Gasteiger partial charge in [-0.1, -0.05) is 0 Å². The molecule has 0 spiro atoms. The highest BCUT2D eigenvalue weighted by Crippen LogP contribution is 2.23. The Balaban J connectivity index is 1.50. The van der Waals surface area contributed by atoms with Gasteiger partial charge in [0.05, 0.1) is 14.2 Å². The molecule has 0 unspecified atom stereocenters. The van der Waals surface area contributed by atoms with Crippen LogP contribution in [0.25, 0.3) is 0 Å². The van der Waals surface area contributed by atoms with E-state index in [1.165, 1.54) is 0 Å². The average molecular weight is 415 g/mol. The summed E-state index contributed by atoms with van der Waals surface area (Å²) in [7, 11) is 3.11. The molecule has 3 rings (SSSR count). The number of rotatable bonds is 8. The summed E-state index contributed by atoms with van der Waals surface area (Å²) in [6.07, 6.45) is 4.12. The smallest absolute Gasteiger partial charge is 0.251 e. The fourth-order valence-electron chi connectivity index (χ4n) is 3.73. The first-order valence-corrected chi connectivity index (χ1v) is 10.3. The summed E-state index contributed by atoms with van der Waals surface area (Å²) in [4.78, 5) is 27.1. The van der Waals surface area contributed by atoms with Crippen LogP contribution in [0.5, 0.6) is 11.5 Å². The highest BCUT2D eigenvalue weighted by molar-refractivity contribution is 5.95. The van der Waals surface area contributed by atoms with Crippen LogP contribution in [0.4, 0.5) is 0 Å². The van der Waals surface area contributed by atoms with Crippen molar-refractivity contribution in [3.8, 4) is 11.5 Å². The number of benzene rings is 1. The van der Waals surface area contributed by atoms with Gasteiger partial charge in [-0.25, -0.2) is 0 Å². The van der Waals surface area contributed by atoms with E-state index in [1.54, 1.807) is 38.6 Å². The summed E-state index contributed by atoms with van der Waals surface area (Å²) in [6.45, 7) is 4.54. The van der Waals surface area contributed by atoms with Crippen LogP contribution in [0.15, 0.2) is 30.5 Å². The number of hydrogen-bond donors (Lipinski definition) is 1. The molecule has 162 valence electrons. The fourth-order valence-corrected chi connectivity index (χ4v) is 3.73. The van der Waals surface area contributed by atoms with E-state index >= 15 is 0 Å². The van der Waals surface area contributed by atoms with Gasteiger partial charge < -0.3 is 19.7 Å². The Labute approximate surface area is 177 Å². The van der Waals surface area contributed by atoms with Crippen molar-refractivity contribution in [2.75, 3.05) is 33.9 Å². The van der Waals surface area contributed by atoms with Crippen LogP contribution in [0.1, 0.15) is 35.3 Å². The molecule has 8 nitrogen and oxygen atoms in total. The quantitative estimate of drug-likeness (QED) is 0.716. The number of ether oxygens (including phenoxy) is 2. The third kappa shape index (κ3) is 5.52. The monoisotopic (exact) mass is 414 g/mol. The van der Waals surface area contributed by atoms with Crippen molar-refractivity contribution < 1.29 is 19.1 Å². The molecule has 1 aliphatic rings. The van der Waals surface area contributed by atoms with Gasteiger partial charge in [0.15, 0.2) is 0 Å². The van der Waals surface area contributed by atoms with Crippen LogP contribution in [-0.4, -0.2) is 60.3 Å². The van der Waals surface area contributed by atoms with Gasteiger partial charge in [-0.15, -0.1) is 0 Å². The molecule has 1 atom stereocenters. The Morgan fingerprint density at radius 2 is 1.93 bits per heavy atom. The first kappa shape index (κ1) is 21.7. The lowest BCUT2D eigenvalue weighted by Crippen LogP contribution is -2.44. The number of aryl methyl sites for hydroxylation is 2. The molecule has 1 fully saturated rings. The Kier molecular flexibility index (Phi) is 7.32. The van der Waals surface area contributed by atoms with Gasteiger partial charge in [-0.3, -0.25) is 14.3 Å². The molecule has 0 saturated carbocycles. The van der Waals surface area contributed by atoms with Crippen LogP contribution in [0, 0.1) is 12.8 Å². The van der Waals surface area contributed by atoms with E-state index in [9.17, 15) is 9.59 Å². The number of carbonyl (C=O) groups is 2. The number of piperidine rings is 1. The minimum absolute atomic E-state index is 0.137. The topological polar surface area (TPSA) is 85.7 Å². The molecule has 1 aliphatic heterocycles. The molecule has 30 heavy (non-hydrogen) atoms. The van der Waals surface area contributed by atoms with Gasteiger partial charge in [0.1, 0.15) is 11.5 Å². The number of hydrogen-bond acceptors (Lipinski definition) is 5. The molecule has 2 heterocycles. The van der Waals surface area contributed by atoms with Crippen molar-refractivity contribution in [2.24, 2.45) is 5.92 Å². The summed E-state index contributed by atoms with van der Waals surface area (Å²) >= 11 is 0. The number of methoxy groups -OCH3 is 2. The maximum Gasteiger partial charge on any atom is 0.251 e. The van der Waals surface area contributed by atoms with Crippen molar-refractivity contribution in [1.29, 1.82) is 0 Å². The van der Waals surface area contributed by atoms with Crippen LogP contribution in [-0.2, 0) is 11.3 Å². The molecule has 2 amide bonds. The highest BCUT2D eigenvalue weighted by atomic mass is 16.5. The molecule has 8 heteroatoms. The minimum atomic E-state index is -0.176. The Bertz CT molecular complexity index is 858. The molecule has 0 bridgehead atoms. The number of aromatic nitrogens is 2. The predicted octanol–water partition coefficient (Wildman–Crippen LogP) is 2.27. The van der Waals surface area contributed by atoms with E-state index in [4.69, 9.17) is 9.47 Å². The SMILES string of the molecule is COc1cc(OC)cc(C(=O)NC[C@H]2CCCN(C(=O)CCn3nccc3C)C2)c1. The molecule has 0 radical (unpaired) electrons. The molecule has 1 N–H and O–H groups in total. The summed E-state index contributed by atoms with van der Waals surface area (Å²) in [5.74, 6) is 1.34. The lowest BCUT2D eigenvalue weighted by Gasteiger charge is -2.33. The van der Waals surface area contributed by atoms with E-state index in [1.807, 2.05) is 22.6 Å². The Hall–Kier alpha value is -3.03. The lowest BCUT2D eigenvalue weighted by atomic mass is 9.97. The average Bonchev–Trinajstić information content (AvgIpc) is 3.20. The zero-order valence-electron chi connectivity index (χ0n) is 17.9. The van der Waals surface area contributed by atoms with Crippen LogP contribution in [0.3, 0.4) is 0 Å². The van der Waals surface area contributed by atoms with Crippen LogP contribution < -0.4 is 14.8 Å². The number of nitrogens with one attached hydrogen (secondary N) is 1.